The lowest BCUT2D eigenvalue weighted by molar-refractivity contribution is -0.122. The Balaban J connectivity index is 2.46. The first kappa shape index (κ1) is 12.6. The van der Waals surface area contributed by atoms with E-state index in [0.29, 0.717) is 0 Å². The van der Waals surface area contributed by atoms with E-state index in [2.05, 4.69) is 4.98 Å². The monoisotopic (exact) mass is 221 g/mol. The van der Waals surface area contributed by atoms with Crippen LogP contribution in [0.5, 0.6) is 0 Å². The van der Waals surface area contributed by atoms with Gasteiger partial charge >= 0.3 is 0 Å². The molecule has 2 N–H and O–H groups in total. The highest BCUT2D eigenvalue weighted by atomic mass is 16.1. The molecule has 0 saturated carbocycles. The average Bonchev–Trinajstić information content (AvgIpc) is 2.28. The fraction of sp³-hybridized carbons (Fsp3) is 0.500. The van der Waals surface area contributed by atoms with Gasteiger partial charge in [-0.3, -0.25) is 14.7 Å². The summed E-state index contributed by atoms with van der Waals surface area (Å²) in [7, 11) is 1.92. The van der Waals surface area contributed by atoms with Gasteiger partial charge in [0.15, 0.2) is 0 Å². The van der Waals surface area contributed by atoms with Crippen LogP contribution in [0.1, 0.15) is 19.0 Å². The molecule has 0 radical (unpaired) electrons. The van der Waals surface area contributed by atoms with Crippen LogP contribution in [-0.4, -0.2) is 35.4 Å². The van der Waals surface area contributed by atoms with E-state index in [1.807, 2.05) is 37.1 Å². The summed E-state index contributed by atoms with van der Waals surface area (Å²) < 4.78 is 0. The number of aromatic nitrogens is 1. The maximum atomic E-state index is 11.1. The van der Waals surface area contributed by atoms with Crippen LogP contribution in [0.4, 0.5) is 0 Å². The zero-order valence-electron chi connectivity index (χ0n) is 9.89. The van der Waals surface area contributed by atoms with Crippen molar-refractivity contribution in [2.24, 2.45) is 5.73 Å². The SMILES string of the molecule is CCC(C(N)=O)N(C)CCc1ccccn1. The summed E-state index contributed by atoms with van der Waals surface area (Å²) in [4.78, 5) is 17.4. The normalized spacial score (nSPS) is 12.7. The predicted molar refractivity (Wildman–Crippen MR) is 63.8 cm³/mol. The summed E-state index contributed by atoms with van der Waals surface area (Å²) in [5, 5.41) is 0. The summed E-state index contributed by atoms with van der Waals surface area (Å²) in [6, 6.07) is 5.67. The Kier molecular flexibility index (Phi) is 4.92. The fourth-order valence-corrected chi connectivity index (χ4v) is 1.72. The number of hydrogen-bond donors (Lipinski definition) is 1. The fourth-order valence-electron chi connectivity index (χ4n) is 1.72. The van der Waals surface area contributed by atoms with Crippen LogP contribution in [-0.2, 0) is 11.2 Å². The summed E-state index contributed by atoms with van der Waals surface area (Å²) in [6.07, 6.45) is 3.36. The highest BCUT2D eigenvalue weighted by Crippen LogP contribution is 2.03. The summed E-state index contributed by atoms with van der Waals surface area (Å²) in [6.45, 7) is 2.76. The molecule has 4 nitrogen and oxygen atoms in total. The van der Waals surface area contributed by atoms with Crippen molar-refractivity contribution in [3.05, 3.63) is 30.1 Å². The Hall–Kier alpha value is -1.42. The number of amides is 1. The van der Waals surface area contributed by atoms with E-state index in [4.69, 9.17) is 5.73 Å². The first-order valence-corrected chi connectivity index (χ1v) is 5.54. The zero-order valence-corrected chi connectivity index (χ0v) is 9.89. The largest absolute Gasteiger partial charge is 0.368 e. The third kappa shape index (κ3) is 3.62. The molecule has 0 spiro atoms. The molecule has 1 aromatic rings. The lowest BCUT2D eigenvalue weighted by atomic mass is 10.1. The second-order valence-corrected chi connectivity index (χ2v) is 3.88. The van der Waals surface area contributed by atoms with Gasteiger partial charge in [-0.1, -0.05) is 13.0 Å². The van der Waals surface area contributed by atoms with E-state index >= 15 is 0 Å². The summed E-state index contributed by atoms with van der Waals surface area (Å²) in [5.74, 6) is -0.258. The third-order valence-electron chi connectivity index (χ3n) is 2.69. The van der Waals surface area contributed by atoms with Gasteiger partial charge in [0.2, 0.25) is 5.91 Å². The van der Waals surface area contributed by atoms with Gasteiger partial charge < -0.3 is 5.73 Å². The van der Waals surface area contributed by atoms with Gasteiger partial charge in [-0.15, -0.1) is 0 Å². The van der Waals surface area contributed by atoms with Crippen molar-refractivity contribution < 1.29 is 4.79 Å². The van der Waals surface area contributed by atoms with Crippen LogP contribution in [0, 0.1) is 0 Å². The van der Waals surface area contributed by atoms with Gasteiger partial charge in [-0.05, 0) is 25.6 Å². The second-order valence-electron chi connectivity index (χ2n) is 3.88. The first-order valence-electron chi connectivity index (χ1n) is 5.54. The van der Waals surface area contributed by atoms with E-state index in [-0.39, 0.29) is 11.9 Å². The number of pyridine rings is 1. The molecule has 0 aliphatic carbocycles. The van der Waals surface area contributed by atoms with E-state index in [0.717, 1.165) is 25.1 Å². The number of nitrogens with zero attached hydrogens (tertiary/aromatic N) is 2. The van der Waals surface area contributed by atoms with Crippen molar-refractivity contribution in [1.82, 2.24) is 9.88 Å². The van der Waals surface area contributed by atoms with Crippen LogP contribution < -0.4 is 5.73 Å². The number of nitrogens with two attached hydrogens (primary N) is 1. The van der Waals surface area contributed by atoms with Gasteiger partial charge in [0, 0.05) is 24.9 Å². The maximum Gasteiger partial charge on any atom is 0.234 e. The van der Waals surface area contributed by atoms with Gasteiger partial charge in [0.05, 0.1) is 6.04 Å². The molecule has 4 heteroatoms. The Morgan fingerprint density at radius 2 is 2.31 bits per heavy atom. The molecule has 0 fully saturated rings. The molecular weight excluding hydrogens is 202 g/mol. The Morgan fingerprint density at radius 3 is 2.81 bits per heavy atom. The molecular formula is C12H19N3O. The van der Waals surface area contributed by atoms with Crippen LogP contribution in [0.3, 0.4) is 0 Å². The van der Waals surface area contributed by atoms with Crippen molar-refractivity contribution in [2.45, 2.75) is 25.8 Å². The van der Waals surface area contributed by atoms with Gasteiger partial charge in [-0.2, -0.15) is 0 Å². The molecule has 1 unspecified atom stereocenters. The molecule has 0 aliphatic rings. The Labute approximate surface area is 96.5 Å². The van der Waals surface area contributed by atoms with Crippen LogP contribution >= 0.6 is 0 Å². The number of carbonyl (C=O) groups excluding carboxylic acids is 1. The Bertz CT molecular complexity index is 326. The molecule has 0 bridgehead atoms. The number of hydrogen-bond acceptors (Lipinski definition) is 3. The lowest BCUT2D eigenvalue weighted by Crippen LogP contribution is -2.42. The molecule has 1 rings (SSSR count). The molecule has 0 aliphatic heterocycles. The minimum atomic E-state index is -0.258. The van der Waals surface area contributed by atoms with Gasteiger partial charge in [0.1, 0.15) is 0 Å². The molecule has 88 valence electrons. The van der Waals surface area contributed by atoms with Crippen molar-refractivity contribution in [1.29, 1.82) is 0 Å². The van der Waals surface area contributed by atoms with Crippen molar-refractivity contribution in [3.8, 4) is 0 Å². The number of likely N-dealkylation sites (N-methyl/N-ethyl adjacent to an activating group) is 1. The number of rotatable bonds is 6. The smallest absolute Gasteiger partial charge is 0.234 e. The van der Waals surface area contributed by atoms with E-state index in [9.17, 15) is 4.79 Å². The molecule has 1 atom stereocenters. The summed E-state index contributed by atoms with van der Waals surface area (Å²) >= 11 is 0. The third-order valence-corrected chi connectivity index (χ3v) is 2.69. The van der Waals surface area contributed by atoms with Crippen molar-refractivity contribution in [2.75, 3.05) is 13.6 Å². The van der Waals surface area contributed by atoms with Crippen molar-refractivity contribution in [3.63, 3.8) is 0 Å². The van der Waals surface area contributed by atoms with Gasteiger partial charge in [-0.25, -0.2) is 0 Å². The minimum absolute atomic E-state index is 0.177. The molecule has 1 heterocycles. The molecule has 1 aromatic heterocycles. The van der Waals surface area contributed by atoms with E-state index in [1.54, 1.807) is 6.20 Å². The molecule has 0 saturated heterocycles. The highest BCUT2D eigenvalue weighted by Gasteiger charge is 2.17. The van der Waals surface area contributed by atoms with Crippen LogP contribution in [0.15, 0.2) is 24.4 Å². The maximum absolute atomic E-state index is 11.1. The average molecular weight is 221 g/mol. The molecule has 0 aromatic carbocycles. The zero-order chi connectivity index (χ0) is 12.0. The molecule has 1 amide bonds. The van der Waals surface area contributed by atoms with E-state index < -0.39 is 0 Å². The van der Waals surface area contributed by atoms with Crippen molar-refractivity contribution >= 4 is 5.91 Å². The number of carbonyl (C=O) groups is 1. The topological polar surface area (TPSA) is 59.2 Å². The van der Waals surface area contributed by atoms with Gasteiger partial charge in [0.25, 0.3) is 0 Å². The van der Waals surface area contributed by atoms with E-state index in [1.165, 1.54) is 0 Å². The first-order chi connectivity index (χ1) is 7.65. The standard InChI is InChI=1S/C12H19N3O/c1-3-11(12(13)16)15(2)9-7-10-6-4-5-8-14-10/h4-6,8,11H,3,7,9H2,1-2H3,(H2,13,16). The quantitative estimate of drug-likeness (QED) is 0.773. The highest BCUT2D eigenvalue weighted by molar-refractivity contribution is 5.79. The Morgan fingerprint density at radius 1 is 1.56 bits per heavy atom. The minimum Gasteiger partial charge on any atom is -0.368 e. The predicted octanol–water partition coefficient (Wildman–Crippen LogP) is 0.820. The molecule has 16 heavy (non-hydrogen) atoms. The second kappa shape index (κ2) is 6.23. The lowest BCUT2D eigenvalue weighted by Gasteiger charge is -2.23. The van der Waals surface area contributed by atoms with Crippen LogP contribution in [0.2, 0.25) is 0 Å². The number of primary amides is 1. The van der Waals surface area contributed by atoms with Crippen LogP contribution in [0.25, 0.3) is 0 Å². The summed E-state index contributed by atoms with van der Waals surface area (Å²) in [5.41, 5.74) is 6.36.